The Kier molecular flexibility index (Phi) is 5.32. The van der Waals surface area contributed by atoms with Gasteiger partial charge in [0, 0.05) is 12.4 Å². The van der Waals surface area contributed by atoms with Crippen molar-refractivity contribution < 1.29 is 9.13 Å². The van der Waals surface area contributed by atoms with Crippen LogP contribution >= 0.6 is 9.24 Å². The van der Waals surface area contributed by atoms with Crippen LogP contribution in [0.2, 0.25) is 0 Å². The monoisotopic (exact) mass is 460 g/mol. The number of benzene rings is 2. The summed E-state index contributed by atoms with van der Waals surface area (Å²) in [4.78, 5) is 13.1. The van der Waals surface area contributed by atoms with Crippen LogP contribution in [0.4, 0.5) is 4.39 Å². The average Bonchev–Trinajstić information content (AvgIpc) is 3.52. The number of aromatic nitrogens is 6. The maximum Gasteiger partial charge on any atom is 0.251 e. The van der Waals surface area contributed by atoms with Gasteiger partial charge >= 0.3 is 0 Å². The summed E-state index contributed by atoms with van der Waals surface area (Å²) < 4.78 is 24.4. The normalized spacial score (nSPS) is 11.0. The summed E-state index contributed by atoms with van der Waals surface area (Å²) in [6, 6.07) is 15.4. The van der Waals surface area contributed by atoms with Crippen LogP contribution < -0.4 is 15.5 Å². The molecule has 0 bridgehead atoms. The van der Waals surface area contributed by atoms with Crippen molar-refractivity contribution in [3.63, 3.8) is 0 Å². The van der Waals surface area contributed by atoms with Gasteiger partial charge in [0.15, 0.2) is 11.4 Å². The van der Waals surface area contributed by atoms with Crippen molar-refractivity contribution in [2.24, 2.45) is 0 Å². The lowest BCUT2D eigenvalue weighted by Gasteiger charge is -2.14. The molecule has 0 saturated carbocycles. The van der Waals surface area contributed by atoms with E-state index < -0.39 is 11.2 Å². The minimum absolute atomic E-state index is 0.0793. The lowest BCUT2D eigenvalue weighted by atomic mass is 10.2. The van der Waals surface area contributed by atoms with Crippen LogP contribution in [0.3, 0.4) is 0 Å². The molecule has 2 aromatic carbocycles. The highest BCUT2D eigenvalue weighted by molar-refractivity contribution is 7.27. The Hall–Kier alpha value is -4.10. The van der Waals surface area contributed by atoms with E-state index in [2.05, 4.69) is 24.5 Å². The van der Waals surface area contributed by atoms with Crippen LogP contribution in [-0.4, -0.2) is 36.5 Å². The molecule has 0 aliphatic heterocycles. The molecule has 1 unspecified atom stereocenters. The quantitative estimate of drug-likeness (QED) is 0.377. The molecule has 3 heterocycles. The van der Waals surface area contributed by atoms with E-state index in [1.54, 1.807) is 39.8 Å². The summed E-state index contributed by atoms with van der Waals surface area (Å²) in [5, 5.41) is 13.9. The molecule has 164 valence electrons. The highest BCUT2D eigenvalue weighted by Crippen LogP contribution is 2.23. The first-order chi connectivity index (χ1) is 16.1. The molecule has 0 radical (unpaired) electrons. The van der Waals surface area contributed by atoms with Crippen LogP contribution in [0.1, 0.15) is 0 Å². The van der Waals surface area contributed by atoms with Gasteiger partial charge in [-0.05, 0) is 47.8 Å². The van der Waals surface area contributed by atoms with Crippen LogP contribution in [0.15, 0.2) is 84.2 Å². The highest BCUT2D eigenvalue weighted by atomic mass is 31.0. The second-order valence-electron chi connectivity index (χ2n) is 7.09. The Morgan fingerprint density at radius 3 is 2.55 bits per heavy atom. The van der Waals surface area contributed by atoms with Crippen molar-refractivity contribution in [1.82, 2.24) is 29.3 Å². The van der Waals surface area contributed by atoms with Crippen LogP contribution in [0, 0.1) is 5.82 Å². The number of rotatable bonds is 5. The zero-order chi connectivity index (χ0) is 22.9. The van der Waals surface area contributed by atoms with E-state index in [4.69, 9.17) is 4.74 Å². The van der Waals surface area contributed by atoms with Gasteiger partial charge in [0.2, 0.25) is 0 Å². The molecule has 0 spiro atoms. The molecule has 0 aliphatic rings. The fourth-order valence-electron chi connectivity index (χ4n) is 3.52. The third-order valence-corrected chi connectivity index (χ3v) is 5.56. The number of halogens is 1. The predicted molar refractivity (Wildman–Crippen MR) is 125 cm³/mol. The fourth-order valence-corrected chi connectivity index (χ4v) is 3.92. The first-order valence-corrected chi connectivity index (χ1v) is 10.5. The Morgan fingerprint density at radius 2 is 1.82 bits per heavy atom. The average molecular weight is 460 g/mol. The second-order valence-corrected chi connectivity index (χ2v) is 7.72. The molecule has 0 N–H and O–H groups in total. The van der Waals surface area contributed by atoms with Gasteiger partial charge in [0.25, 0.3) is 5.43 Å². The first kappa shape index (κ1) is 20.8. The van der Waals surface area contributed by atoms with E-state index in [0.29, 0.717) is 11.4 Å². The van der Waals surface area contributed by atoms with Crippen molar-refractivity contribution in [3.05, 3.63) is 95.4 Å². The summed E-state index contributed by atoms with van der Waals surface area (Å²) in [6.07, 6.45) is 6.57. The maximum absolute atomic E-state index is 14.4. The first-order valence-electron chi connectivity index (χ1n) is 9.94. The fraction of sp³-hybridized carbons (Fsp3) is 0.0435. The lowest BCUT2D eigenvalue weighted by molar-refractivity contribution is 0.405. The topological polar surface area (TPSA) is 79.8 Å². The van der Waals surface area contributed by atoms with Gasteiger partial charge in [-0.3, -0.25) is 4.79 Å². The van der Waals surface area contributed by atoms with Crippen LogP contribution in [-0.2, 0) is 0 Å². The summed E-state index contributed by atoms with van der Waals surface area (Å²) in [6.45, 7) is 0. The summed E-state index contributed by atoms with van der Waals surface area (Å²) in [5.74, 6) is -0.367. The molecule has 33 heavy (non-hydrogen) atoms. The summed E-state index contributed by atoms with van der Waals surface area (Å²) >= 11 is 0. The summed E-state index contributed by atoms with van der Waals surface area (Å²) in [7, 11) is 4.09. The third-order valence-electron chi connectivity index (χ3n) is 5.10. The van der Waals surface area contributed by atoms with E-state index >= 15 is 0 Å². The third kappa shape index (κ3) is 3.72. The second kappa shape index (κ2) is 8.44. The number of hydrogen-bond acceptors (Lipinski definition) is 5. The number of ether oxygens (including phenoxy) is 1. The van der Waals surface area contributed by atoms with Gasteiger partial charge in [0.1, 0.15) is 11.5 Å². The molecule has 10 heteroatoms. The van der Waals surface area contributed by atoms with E-state index in [1.807, 2.05) is 30.5 Å². The van der Waals surface area contributed by atoms with Gasteiger partial charge in [-0.15, -0.1) is 9.24 Å². The largest absolute Gasteiger partial charge is 0.491 e. The number of nitrogens with zero attached hydrogens (tertiary/aromatic N) is 6. The zero-order valence-electron chi connectivity index (χ0n) is 17.5. The maximum atomic E-state index is 14.4. The van der Waals surface area contributed by atoms with E-state index in [0.717, 1.165) is 11.0 Å². The zero-order valence-corrected chi connectivity index (χ0v) is 18.6. The van der Waals surface area contributed by atoms with Crippen molar-refractivity contribution in [2.75, 3.05) is 7.11 Å². The molecular formula is C23H18FN6O2P. The Balaban J connectivity index is 1.67. The van der Waals surface area contributed by atoms with Gasteiger partial charge in [0.05, 0.1) is 36.6 Å². The Labute approximate surface area is 190 Å². The molecule has 0 amide bonds. The summed E-state index contributed by atoms with van der Waals surface area (Å²) in [5.41, 5.74) is 1.80. The number of para-hydroxylation sites is 1. The molecule has 1 atom stereocenters. The standard InChI is InChI=1S/C23H18FN6O2P/c1-32-20-14-29(18-8-7-15(13-21(18)33)28-12-4-10-25-28)27-22(23(20)31)19-9-11-26-30(19)17-6-3-2-5-16(17)24/h2-14H,33H2,1H3. The Bertz CT molecular complexity index is 1510. The smallest absolute Gasteiger partial charge is 0.251 e. The van der Waals surface area contributed by atoms with Crippen LogP contribution in [0.5, 0.6) is 5.75 Å². The van der Waals surface area contributed by atoms with Crippen molar-refractivity contribution >= 4 is 14.5 Å². The van der Waals surface area contributed by atoms with E-state index in [-0.39, 0.29) is 17.1 Å². The molecule has 3 aromatic heterocycles. The van der Waals surface area contributed by atoms with Gasteiger partial charge < -0.3 is 4.74 Å². The minimum atomic E-state index is -0.466. The number of hydrogen-bond donors (Lipinski definition) is 0. The van der Waals surface area contributed by atoms with Gasteiger partial charge in [-0.1, -0.05) is 12.1 Å². The predicted octanol–water partition coefficient (Wildman–Crippen LogP) is 2.92. The minimum Gasteiger partial charge on any atom is -0.491 e. The van der Waals surface area contributed by atoms with E-state index in [9.17, 15) is 9.18 Å². The van der Waals surface area contributed by atoms with Crippen LogP contribution in [0.25, 0.3) is 28.5 Å². The molecule has 0 aliphatic carbocycles. The lowest BCUT2D eigenvalue weighted by Crippen LogP contribution is -2.20. The van der Waals surface area contributed by atoms with E-state index in [1.165, 1.54) is 30.3 Å². The van der Waals surface area contributed by atoms with Crippen molar-refractivity contribution in [1.29, 1.82) is 0 Å². The molecular weight excluding hydrogens is 442 g/mol. The van der Waals surface area contributed by atoms with Crippen molar-refractivity contribution in [3.8, 4) is 34.2 Å². The molecule has 0 fully saturated rings. The van der Waals surface area contributed by atoms with Gasteiger partial charge in [-0.2, -0.15) is 15.3 Å². The SMILES string of the molecule is COc1cn(-c2ccc(-n3cccn3)cc2P)nc(-c2ccnn2-c2ccccc2F)c1=O. The Morgan fingerprint density at radius 1 is 0.970 bits per heavy atom. The molecule has 5 aromatic rings. The molecule has 0 saturated heterocycles. The molecule has 8 nitrogen and oxygen atoms in total. The number of methoxy groups -OCH3 is 1. The van der Waals surface area contributed by atoms with Crippen molar-refractivity contribution in [2.45, 2.75) is 0 Å². The molecule has 5 rings (SSSR count). The van der Waals surface area contributed by atoms with Gasteiger partial charge in [-0.25, -0.2) is 18.4 Å². The highest BCUT2D eigenvalue weighted by Gasteiger charge is 2.19.